The molecule has 0 radical (unpaired) electrons. The third-order valence-electron chi connectivity index (χ3n) is 3.34. The van der Waals surface area contributed by atoms with Gasteiger partial charge in [-0.2, -0.15) is 0 Å². The number of ether oxygens (including phenoxy) is 2. The molecule has 5 nitrogen and oxygen atoms in total. The average molecular weight is 400 g/mol. The van der Waals surface area contributed by atoms with Crippen LogP contribution in [0.25, 0.3) is 0 Å². The number of hydrogen-bond acceptors (Lipinski definition) is 4. The van der Waals surface area contributed by atoms with Gasteiger partial charge in [-0.25, -0.2) is 8.42 Å². The second-order valence-corrected chi connectivity index (χ2v) is 7.33. The van der Waals surface area contributed by atoms with E-state index < -0.39 is 10.0 Å². The summed E-state index contributed by atoms with van der Waals surface area (Å²) in [5.41, 5.74) is 0.608. The highest BCUT2D eigenvalue weighted by Crippen LogP contribution is 2.37. The van der Waals surface area contributed by atoms with Crippen molar-refractivity contribution >= 4 is 31.6 Å². The highest BCUT2D eigenvalue weighted by atomic mass is 79.9. The van der Waals surface area contributed by atoms with Gasteiger partial charge in [0.2, 0.25) is 0 Å². The first-order valence-electron chi connectivity index (χ1n) is 6.95. The van der Waals surface area contributed by atoms with Crippen LogP contribution in [0.3, 0.4) is 0 Å². The maximum Gasteiger partial charge on any atom is 0.265 e. The fourth-order valence-electron chi connectivity index (χ4n) is 2.24. The lowest BCUT2D eigenvalue weighted by atomic mass is 10.3. The van der Waals surface area contributed by atoms with Crippen LogP contribution >= 0.6 is 15.9 Å². The standard InChI is InChI=1S/C16H18BrNO4S/c1-4-18(12-8-6-5-7-9-12)23(19,20)16-11-15(22-3)14(21-2)10-13(16)17/h5-11H,4H2,1-3H3. The molecule has 0 aliphatic heterocycles. The van der Waals surface area contributed by atoms with Crippen LogP contribution in [0.15, 0.2) is 51.8 Å². The Hall–Kier alpha value is -1.73. The number of sulfonamides is 1. The van der Waals surface area contributed by atoms with Crippen molar-refractivity contribution in [3.63, 3.8) is 0 Å². The molecular weight excluding hydrogens is 382 g/mol. The van der Waals surface area contributed by atoms with E-state index in [9.17, 15) is 8.42 Å². The number of nitrogens with zero attached hydrogens (tertiary/aromatic N) is 1. The van der Waals surface area contributed by atoms with E-state index in [0.29, 0.717) is 28.2 Å². The maximum atomic E-state index is 13.1. The van der Waals surface area contributed by atoms with E-state index >= 15 is 0 Å². The molecule has 0 aliphatic rings. The summed E-state index contributed by atoms with van der Waals surface area (Å²) in [6, 6.07) is 12.0. The van der Waals surface area contributed by atoms with Crippen LogP contribution in [0.2, 0.25) is 0 Å². The van der Waals surface area contributed by atoms with Crippen LogP contribution in [0, 0.1) is 0 Å². The zero-order chi connectivity index (χ0) is 17.0. The first-order valence-corrected chi connectivity index (χ1v) is 9.18. The van der Waals surface area contributed by atoms with Gasteiger partial charge in [-0.05, 0) is 41.1 Å². The molecule has 0 spiro atoms. The Kier molecular flexibility index (Phi) is 5.54. The van der Waals surface area contributed by atoms with E-state index in [1.54, 1.807) is 37.3 Å². The van der Waals surface area contributed by atoms with Crippen molar-refractivity contribution in [2.45, 2.75) is 11.8 Å². The molecule has 0 bridgehead atoms. The third kappa shape index (κ3) is 3.45. The molecule has 0 unspecified atom stereocenters. The molecule has 0 aromatic heterocycles. The second-order valence-electron chi connectivity index (χ2n) is 4.64. The number of benzene rings is 2. The lowest BCUT2D eigenvalue weighted by Gasteiger charge is -2.24. The van der Waals surface area contributed by atoms with E-state index in [-0.39, 0.29) is 4.90 Å². The summed E-state index contributed by atoms with van der Waals surface area (Å²) >= 11 is 3.32. The number of halogens is 1. The lowest BCUT2D eigenvalue weighted by Crippen LogP contribution is -2.31. The van der Waals surface area contributed by atoms with E-state index in [2.05, 4.69) is 15.9 Å². The molecule has 0 saturated carbocycles. The number of rotatable bonds is 6. The molecule has 2 aromatic carbocycles. The van der Waals surface area contributed by atoms with Crippen molar-refractivity contribution in [3.8, 4) is 11.5 Å². The molecule has 7 heteroatoms. The van der Waals surface area contributed by atoms with Crippen LogP contribution in [0.5, 0.6) is 11.5 Å². The highest BCUT2D eigenvalue weighted by molar-refractivity contribution is 9.10. The summed E-state index contributed by atoms with van der Waals surface area (Å²) in [4.78, 5) is 0.126. The lowest BCUT2D eigenvalue weighted by molar-refractivity contribution is 0.353. The van der Waals surface area contributed by atoms with Gasteiger partial charge in [0.1, 0.15) is 4.90 Å². The summed E-state index contributed by atoms with van der Waals surface area (Å²) in [6.45, 7) is 2.10. The van der Waals surface area contributed by atoms with Gasteiger partial charge >= 0.3 is 0 Å². The van der Waals surface area contributed by atoms with Crippen molar-refractivity contribution in [3.05, 3.63) is 46.9 Å². The smallest absolute Gasteiger partial charge is 0.265 e. The van der Waals surface area contributed by atoms with Gasteiger partial charge in [0.05, 0.1) is 19.9 Å². The number of methoxy groups -OCH3 is 2. The van der Waals surface area contributed by atoms with Gasteiger partial charge in [-0.1, -0.05) is 18.2 Å². The van der Waals surface area contributed by atoms with Crippen molar-refractivity contribution in [1.82, 2.24) is 0 Å². The molecular formula is C16H18BrNO4S. The van der Waals surface area contributed by atoms with Gasteiger partial charge < -0.3 is 9.47 Å². The van der Waals surface area contributed by atoms with Crippen molar-refractivity contribution in [2.75, 3.05) is 25.1 Å². The molecule has 0 fully saturated rings. The molecule has 0 saturated heterocycles. The Morgan fingerprint density at radius 3 is 2.13 bits per heavy atom. The Bertz CT molecular complexity index is 778. The van der Waals surface area contributed by atoms with Gasteiger partial charge in [0.15, 0.2) is 11.5 Å². The van der Waals surface area contributed by atoms with E-state index in [4.69, 9.17) is 9.47 Å². The monoisotopic (exact) mass is 399 g/mol. The Morgan fingerprint density at radius 2 is 1.61 bits per heavy atom. The summed E-state index contributed by atoms with van der Waals surface area (Å²) in [6.07, 6.45) is 0. The minimum absolute atomic E-state index is 0.126. The molecule has 0 atom stereocenters. The van der Waals surface area contributed by atoms with Gasteiger partial charge in [-0.3, -0.25) is 4.31 Å². The van der Waals surface area contributed by atoms with Crippen molar-refractivity contribution in [1.29, 1.82) is 0 Å². The second kappa shape index (κ2) is 7.23. The molecule has 2 aromatic rings. The molecule has 0 N–H and O–H groups in total. The average Bonchev–Trinajstić information content (AvgIpc) is 2.55. The predicted octanol–water partition coefficient (Wildman–Crippen LogP) is 3.68. The Labute approximate surface area is 145 Å². The number of para-hydroxylation sites is 1. The number of anilines is 1. The fourth-order valence-corrected chi connectivity index (χ4v) is 4.71. The van der Waals surface area contributed by atoms with E-state index in [0.717, 1.165) is 0 Å². The van der Waals surface area contributed by atoms with Crippen molar-refractivity contribution < 1.29 is 17.9 Å². The largest absolute Gasteiger partial charge is 0.493 e. The molecule has 0 heterocycles. The molecule has 124 valence electrons. The molecule has 2 rings (SSSR count). The first kappa shape index (κ1) is 17.6. The van der Waals surface area contributed by atoms with Crippen molar-refractivity contribution in [2.24, 2.45) is 0 Å². The normalized spacial score (nSPS) is 11.1. The zero-order valence-electron chi connectivity index (χ0n) is 13.1. The van der Waals surface area contributed by atoms with E-state index in [1.807, 2.05) is 6.07 Å². The van der Waals surface area contributed by atoms with Crippen LogP contribution in [-0.4, -0.2) is 29.2 Å². The van der Waals surface area contributed by atoms with Crippen LogP contribution in [0.4, 0.5) is 5.69 Å². The highest BCUT2D eigenvalue weighted by Gasteiger charge is 2.27. The summed E-state index contributed by atoms with van der Waals surface area (Å²) < 4.78 is 38.3. The SMILES string of the molecule is CCN(c1ccccc1)S(=O)(=O)c1cc(OC)c(OC)cc1Br. The topological polar surface area (TPSA) is 55.8 Å². The summed E-state index contributed by atoms with van der Waals surface area (Å²) in [7, 11) is -0.772. The van der Waals surface area contributed by atoms with Crippen LogP contribution < -0.4 is 13.8 Å². The quantitative estimate of drug-likeness (QED) is 0.743. The molecule has 23 heavy (non-hydrogen) atoms. The van der Waals surface area contributed by atoms with Crippen LogP contribution in [-0.2, 0) is 10.0 Å². The Morgan fingerprint density at radius 1 is 1.04 bits per heavy atom. The fraction of sp³-hybridized carbons (Fsp3) is 0.250. The number of hydrogen-bond donors (Lipinski definition) is 0. The summed E-state index contributed by atoms with van der Waals surface area (Å²) in [5.74, 6) is 0.819. The van der Waals surface area contributed by atoms with Gasteiger partial charge in [-0.15, -0.1) is 0 Å². The molecule has 0 aliphatic carbocycles. The minimum atomic E-state index is -3.74. The maximum absolute atomic E-state index is 13.1. The van der Waals surface area contributed by atoms with Crippen LogP contribution in [0.1, 0.15) is 6.92 Å². The Balaban J connectivity index is 2.59. The molecule has 0 amide bonds. The third-order valence-corrected chi connectivity index (χ3v) is 6.20. The zero-order valence-corrected chi connectivity index (χ0v) is 15.5. The van der Waals surface area contributed by atoms with Gasteiger partial charge in [0, 0.05) is 17.1 Å². The van der Waals surface area contributed by atoms with Gasteiger partial charge in [0.25, 0.3) is 10.0 Å². The summed E-state index contributed by atoms with van der Waals surface area (Å²) in [5, 5.41) is 0. The minimum Gasteiger partial charge on any atom is -0.493 e. The predicted molar refractivity (Wildman–Crippen MR) is 93.9 cm³/mol. The van der Waals surface area contributed by atoms with E-state index in [1.165, 1.54) is 24.6 Å². The first-order chi connectivity index (χ1) is 11.0.